The van der Waals surface area contributed by atoms with E-state index in [0.29, 0.717) is 16.3 Å². The number of amides is 1. The third-order valence-corrected chi connectivity index (χ3v) is 3.79. The van der Waals surface area contributed by atoms with Crippen LogP contribution >= 0.6 is 11.6 Å². The summed E-state index contributed by atoms with van der Waals surface area (Å²) in [4.78, 5) is 16.7. The zero-order chi connectivity index (χ0) is 14.0. The van der Waals surface area contributed by atoms with E-state index in [1.165, 1.54) is 0 Å². The molecule has 0 aromatic heterocycles. The molecule has 19 heavy (non-hydrogen) atoms. The molecule has 1 aromatic rings. The summed E-state index contributed by atoms with van der Waals surface area (Å²) < 4.78 is 0. The van der Waals surface area contributed by atoms with Crippen molar-refractivity contribution in [3.05, 3.63) is 28.8 Å². The average molecular weight is 282 g/mol. The van der Waals surface area contributed by atoms with Crippen molar-refractivity contribution in [3.8, 4) is 0 Å². The highest BCUT2D eigenvalue weighted by molar-refractivity contribution is 6.31. The fraction of sp³-hybridized carbons (Fsp3) is 0.500. The van der Waals surface area contributed by atoms with E-state index < -0.39 is 0 Å². The maximum atomic E-state index is 12.6. The molecule has 2 rings (SSSR count). The van der Waals surface area contributed by atoms with Crippen LogP contribution in [0.2, 0.25) is 5.02 Å². The van der Waals surface area contributed by atoms with Gasteiger partial charge >= 0.3 is 0 Å². The number of benzene rings is 1. The molecule has 1 aliphatic rings. The average Bonchev–Trinajstić information content (AvgIpc) is 2.49. The first kappa shape index (κ1) is 14.2. The van der Waals surface area contributed by atoms with E-state index in [9.17, 15) is 4.79 Å². The van der Waals surface area contributed by atoms with Crippen molar-refractivity contribution in [3.63, 3.8) is 0 Å². The van der Waals surface area contributed by atoms with Gasteiger partial charge in [-0.05, 0) is 45.1 Å². The first-order valence-corrected chi connectivity index (χ1v) is 6.91. The Morgan fingerprint density at radius 3 is 2.84 bits per heavy atom. The van der Waals surface area contributed by atoms with Crippen LogP contribution in [0.15, 0.2) is 18.2 Å². The summed E-state index contributed by atoms with van der Waals surface area (Å²) in [6.07, 6.45) is 0.986. The third-order valence-electron chi connectivity index (χ3n) is 3.55. The summed E-state index contributed by atoms with van der Waals surface area (Å²) in [5, 5.41) is 0.553. The van der Waals surface area contributed by atoms with Gasteiger partial charge < -0.3 is 15.5 Å². The van der Waals surface area contributed by atoms with E-state index in [-0.39, 0.29) is 11.9 Å². The minimum atomic E-state index is -0.00281. The van der Waals surface area contributed by atoms with Crippen LogP contribution in [-0.2, 0) is 0 Å². The molecule has 0 aliphatic carbocycles. The standard InChI is InChI=1S/C14H20ClN3O/c1-10-9-17(2)6-3-7-18(10)14(19)12-5-4-11(15)8-13(12)16/h4-5,8,10H,3,6-7,9,16H2,1-2H3. The lowest BCUT2D eigenvalue weighted by molar-refractivity contribution is 0.0697. The van der Waals surface area contributed by atoms with Gasteiger partial charge in [0.15, 0.2) is 0 Å². The highest BCUT2D eigenvalue weighted by Crippen LogP contribution is 2.21. The van der Waals surface area contributed by atoms with Crippen molar-refractivity contribution in [2.75, 3.05) is 32.4 Å². The maximum absolute atomic E-state index is 12.6. The first-order valence-electron chi connectivity index (χ1n) is 6.53. The van der Waals surface area contributed by atoms with E-state index in [1.807, 2.05) is 4.90 Å². The summed E-state index contributed by atoms with van der Waals surface area (Å²) >= 11 is 5.87. The summed E-state index contributed by atoms with van der Waals surface area (Å²) in [5.41, 5.74) is 6.89. The van der Waals surface area contributed by atoms with Gasteiger partial charge in [-0.2, -0.15) is 0 Å². The largest absolute Gasteiger partial charge is 0.398 e. The Kier molecular flexibility index (Phi) is 4.32. The molecule has 1 atom stereocenters. The lowest BCUT2D eigenvalue weighted by atomic mass is 10.1. The van der Waals surface area contributed by atoms with Crippen LogP contribution in [0.5, 0.6) is 0 Å². The predicted molar refractivity (Wildman–Crippen MR) is 78.5 cm³/mol. The molecule has 1 heterocycles. The van der Waals surface area contributed by atoms with Crippen molar-refractivity contribution in [2.45, 2.75) is 19.4 Å². The molecule has 1 unspecified atom stereocenters. The lowest BCUT2D eigenvalue weighted by Crippen LogP contribution is -2.42. The summed E-state index contributed by atoms with van der Waals surface area (Å²) in [7, 11) is 2.08. The number of rotatable bonds is 1. The molecule has 1 amide bonds. The third kappa shape index (κ3) is 3.19. The minimum absolute atomic E-state index is 0.00281. The Hall–Kier alpha value is -1.26. The van der Waals surface area contributed by atoms with Crippen LogP contribution < -0.4 is 5.73 Å². The Labute approximate surface area is 119 Å². The Morgan fingerprint density at radius 1 is 1.42 bits per heavy atom. The fourth-order valence-corrected chi connectivity index (χ4v) is 2.74. The number of nitrogens with two attached hydrogens (primary N) is 1. The quantitative estimate of drug-likeness (QED) is 0.802. The number of nitrogen functional groups attached to an aromatic ring is 1. The second-order valence-electron chi connectivity index (χ2n) is 5.19. The molecule has 0 spiro atoms. The van der Waals surface area contributed by atoms with Gasteiger partial charge in [0.05, 0.1) is 5.56 Å². The number of hydrogen-bond acceptors (Lipinski definition) is 3. The van der Waals surface area contributed by atoms with E-state index in [2.05, 4.69) is 18.9 Å². The van der Waals surface area contributed by atoms with Crippen molar-refractivity contribution in [1.82, 2.24) is 9.80 Å². The predicted octanol–water partition coefficient (Wildman–Crippen LogP) is 2.09. The van der Waals surface area contributed by atoms with Crippen LogP contribution in [0.1, 0.15) is 23.7 Å². The van der Waals surface area contributed by atoms with Gasteiger partial charge in [0, 0.05) is 29.8 Å². The molecule has 1 aromatic carbocycles. The van der Waals surface area contributed by atoms with Crippen LogP contribution in [0, 0.1) is 0 Å². The van der Waals surface area contributed by atoms with Crippen molar-refractivity contribution < 1.29 is 4.79 Å². The van der Waals surface area contributed by atoms with Crippen LogP contribution in [-0.4, -0.2) is 48.4 Å². The molecule has 0 bridgehead atoms. The normalized spacial score (nSPS) is 21.2. The van der Waals surface area contributed by atoms with Crippen molar-refractivity contribution in [2.24, 2.45) is 0 Å². The minimum Gasteiger partial charge on any atom is -0.398 e. The molecule has 2 N–H and O–H groups in total. The zero-order valence-corrected chi connectivity index (χ0v) is 12.2. The van der Waals surface area contributed by atoms with Crippen LogP contribution in [0.3, 0.4) is 0 Å². The number of likely N-dealkylation sites (N-methyl/N-ethyl adjacent to an activating group) is 1. The Morgan fingerprint density at radius 2 is 2.16 bits per heavy atom. The molecular formula is C14H20ClN3O. The number of anilines is 1. The lowest BCUT2D eigenvalue weighted by Gasteiger charge is -2.28. The second kappa shape index (κ2) is 5.80. The first-order chi connectivity index (χ1) is 8.99. The van der Waals surface area contributed by atoms with Gasteiger partial charge in [-0.15, -0.1) is 0 Å². The second-order valence-corrected chi connectivity index (χ2v) is 5.63. The summed E-state index contributed by atoms with van der Waals surface area (Å²) in [6, 6.07) is 5.24. The molecule has 1 saturated heterocycles. The zero-order valence-electron chi connectivity index (χ0n) is 11.4. The monoisotopic (exact) mass is 281 g/mol. The van der Waals surface area contributed by atoms with Crippen molar-refractivity contribution in [1.29, 1.82) is 0 Å². The van der Waals surface area contributed by atoms with E-state index in [1.54, 1.807) is 18.2 Å². The maximum Gasteiger partial charge on any atom is 0.256 e. The number of halogens is 1. The topological polar surface area (TPSA) is 49.6 Å². The molecule has 104 valence electrons. The number of carbonyl (C=O) groups excluding carboxylic acids is 1. The molecule has 1 fully saturated rings. The fourth-order valence-electron chi connectivity index (χ4n) is 2.56. The van der Waals surface area contributed by atoms with Crippen molar-refractivity contribution >= 4 is 23.2 Å². The number of nitrogens with zero attached hydrogens (tertiary/aromatic N) is 2. The van der Waals surface area contributed by atoms with Gasteiger partial charge in [-0.3, -0.25) is 4.79 Å². The summed E-state index contributed by atoms with van der Waals surface area (Å²) in [5.74, 6) is -0.00281. The van der Waals surface area contributed by atoms with E-state index >= 15 is 0 Å². The van der Waals surface area contributed by atoms with Gasteiger partial charge in [0.2, 0.25) is 0 Å². The SMILES string of the molecule is CC1CN(C)CCCN1C(=O)c1ccc(Cl)cc1N. The number of carbonyl (C=O) groups is 1. The molecule has 0 radical (unpaired) electrons. The molecule has 0 saturated carbocycles. The molecule has 4 nitrogen and oxygen atoms in total. The van der Waals surface area contributed by atoms with E-state index in [4.69, 9.17) is 17.3 Å². The smallest absolute Gasteiger partial charge is 0.256 e. The van der Waals surface area contributed by atoms with Crippen LogP contribution in [0.25, 0.3) is 0 Å². The Bertz CT molecular complexity index is 478. The van der Waals surface area contributed by atoms with E-state index in [0.717, 1.165) is 26.1 Å². The van der Waals surface area contributed by atoms with Gasteiger partial charge in [-0.1, -0.05) is 11.6 Å². The highest BCUT2D eigenvalue weighted by atomic mass is 35.5. The number of hydrogen-bond donors (Lipinski definition) is 1. The molecule has 5 heteroatoms. The summed E-state index contributed by atoms with van der Waals surface area (Å²) in [6.45, 7) is 4.75. The molecular weight excluding hydrogens is 262 g/mol. The van der Waals surface area contributed by atoms with Gasteiger partial charge in [-0.25, -0.2) is 0 Å². The molecule has 1 aliphatic heterocycles. The Balaban J connectivity index is 2.22. The van der Waals surface area contributed by atoms with Gasteiger partial charge in [0.1, 0.15) is 0 Å². The van der Waals surface area contributed by atoms with Gasteiger partial charge in [0.25, 0.3) is 5.91 Å². The highest BCUT2D eigenvalue weighted by Gasteiger charge is 2.25. The van der Waals surface area contributed by atoms with Crippen LogP contribution in [0.4, 0.5) is 5.69 Å².